The topological polar surface area (TPSA) is 215 Å². The van der Waals surface area contributed by atoms with Crippen molar-refractivity contribution in [3.63, 3.8) is 0 Å². The molecule has 0 saturated carbocycles. The minimum absolute atomic E-state index is 0.00776. The zero-order valence-corrected chi connectivity index (χ0v) is 24.8. The van der Waals surface area contributed by atoms with Crippen LogP contribution in [0.2, 0.25) is 0 Å². The van der Waals surface area contributed by atoms with E-state index in [0.717, 1.165) is 13.0 Å². The number of carbonyl (C=O) groups excluding carboxylic acids is 6. The molecule has 0 radical (unpaired) electrons. The number of hydrogen-bond acceptors (Lipinski definition) is 8. The largest absolute Gasteiger partial charge is 0.480 e. The summed E-state index contributed by atoms with van der Waals surface area (Å²) in [6.45, 7) is 6.96. The Morgan fingerprint density at radius 1 is 0.833 bits per heavy atom. The first kappa shape index (κ1) is 34.5. The van der Waals surface area contributed by atoms with Gasteiger partial charge in [-0.15, -0.1) is 0 Å². The maximum absolute atomic E-state index is 13.5. The van der Waals surface area contributed by atoms with Crippen molar-refractivity contribution in [2.45, 2.75) is 84.0 Å². The SMILES string of the molecule is CC(C)C[C@H](NC(=O)[C@@H](NC(=O)CNC(=O)CNC(=O)[C@@H]1CCCN1)C(C)C)C(=O)N1CCC[C@H]1C(=O)NCC(=O)O. The van der Waals surface area contributed by atoms with E-state index in [1.165, 1.54) is 4.90 Å². The lowest BCUT2D eigenvalue weighted by molar-refractivity contribution is -0.143. The van der Waals surface area contributed by atoms with Gasteiger partial charge in [-0.1, -0.05) is 27.7 Å². The molecule has 4 atom stereocenters. The Kier molecular flexibility index (Phi) is 13.6. The van der Waals surface area contributed by atoms with Gasteiger partial charge < -0.3 is 41.9 Å². The number of aliphatic carboxylic acids is 1. The van der Waals surface area contributed by atoms with Crippen molar-refractivity contribution in [1.82, 2.24) is 36.8 Å². The maximum Gasteiger partial charge on any atom is 0.322 e. The summed E-state index contributed by atoms with van der Waals surface area (Å²) >= 11 is 0. The van der Waals surface area contributed by atoms with Crippen LogP contribution < -0.4 is 31.9 Å². The molecule has 2 aliphatic rings. The van der Waals surface area contributed by atoms with Crippen molar-refractivity contribution in [3.8, 4) is 0 Å². The summed E-state index contributed by atoms with van der Waals surface area (Å²) in [5.74, 6) is -4.63. The van der Waals surface area contributed by atoms with E-state index in [1.807, 2.05) is 13.8 Å². The number of rotatable bonds is 15. The lowest BCUT2D eigenvalue weighted by atomic mass is 9.99. The van der Waals surface area contributed by atoms with Gasteiger partial charge in [-0.3, -0.25) is 33.6 Å². The Morgan fingerprint density at radius 3 is 2.10 bits per heavy atom. The van der Waals surface area contributed by atoms with E-state index in [1.54, 1.807) is 13.8 Å². The van der Waals surface area contributed by atoms with Crippen LogP contribution in [0.25, 0.3) is 0 Å². The summed E-state index contributed by atoms with van der Waals surface area (Å²) in [6, 6.07) is -3.16. The summed E-state index contributed by atoms with van der Waals surface area (Å²) in [7, 11) is 0. The lowest BCUT2D eigenvalue weighted by Gasteiger charge is -2.31. The van der Waals surface area contributed by atoms with E-state index in [9.17, 15) is 33.6 Å². The minimum Gasteiger partial charge on any atom is -0.480 e. The molecule has 0 aromatic carbocycles. The Balaban J connectivity index is 1.95. The fourth-order valence-corrected chi connectivity index (χ4v) is 4.94. The molecule has 2 heterocycles. The third-order valence-corrected chi connectivity index (χ3v) is 7.09. The fraction of sp³-hybridized carbons (Fsp3) is 0.741. The van der Waals surface area contributed by atoms with Gasteiger partial charge in [-0.25, -0.2) is 0 Å². The van der Waals surface area contributed by atoms with Crippen LogP contribution in [0.4, 0.5) is 0 Å². The molecule has 15 heteroatoms. The number of nitrogens with one attached hydrogen (secondary N) is 6. The van der Waals surface area contributed by atoms with Gasteiger partial charge in [0.15, 0.2) is 0 Å². The van der Waals surface area contributed by atoms with Gasteiger partial charge in [-0.05, 0) is 50.5 Å². The first-order chi connectivity index (χ1) is 19.8. The highest BCUT2D eigenvalue weighted by atomic mass is 16.4. The molecule has 2 rings (SSSR count). The summed E-state index contributed by atoms with van der Waals surface area (Å²) in [6.07, 6.45) is 2.78. The molecular formula is C27H45N7O8. The van der Waals surface area contributed by atoms with E-state index in [2.05, 4.69) is 31.9 Å². The second-order valence-electron chi connectivity index (χ2n) is 11.4. The summed E-state index contributed by atoms with van der Waals surface area (Å²) in [5.41, 5.74) is 0. The third kappa shape index (κ3) is 10.9. The Morgan fingerprint density at radius 2 is 1.50 bits per heavy atom. The average Bonchev–Trinajstić information content (AvgIpc) is 3.64. The van der Waals surface area contributed by atoms with Gasteiger partial charge in [0.05, 0.1) is 19.1 Å². The van der Waals surface area contributed by atoms with Crippen LogP contribution >= 0.6 is 0 Å². The molecule has 0 spiro atoms. The van der Waals surface area contributed by atoms with Crippen LogP contribution in [-0.4, -0.2) is 108 Å². The van der Waals surface area contributed by atoms with E-state index in [4.69, 9.17) is 5.11 Å². The molecule has 0 aromatic rings. The van der Waals surface area contributed by atoms with E-state index in [-0.39, 0.29) is 43.3 Å². The van der Waals surface area contributed by atoms with Crippen molar-refractivity contribution in [2.24, 2.45) is 11.8 Å². The second-order valence-corrected chi connectivity index (χ2v) is 11.4. The Hall–Kier alpha value is -3.75. The fourth-order valence-electron chi connectivity index (χ4n) is 4.94. The number of nitrogens with zero attached hydrogens (tertiary/aromatic N) is 1. The molecule has 7 N–H and O–H groups in total. The number of likely N-dealkylation sites (tertiary alicyclic amines) is 1. The summed E-state index contributed by atoms with van der Waals surface area (Å²) in [4.78, 5) is 88.3. The first-order valence-electron chi connectivity index (χ1n) is 14.5. The van der Waals surface area contributed by atoms with E-state index < -0.39 is 66.7 Å². The number of carboxylic acids is 1. The zero-order chi connectivity index (χ0) is 31.4. The smallest absolute Gasteiger partial charge is 0.322 e. The van der Waals surface area contributed by atoms with Crippen LogP contribution in [0.1, 0.15) is 59.8 Å². The van der Waals surface area contributed by atoms with Gasteiger partial charge in [0.2, 0.25) is 35.4 Å². The van der Waals surface area contributed by atoms with Gasteiger partial charge in [0.25, 0.3) is 0 Å². The lowest BCUT2D eigenvalue weighted by Crippen LogP contribution is -2.58. The number of hydrogen-bond donors (Lipinski definition) is 7. The standard InChI is InChI=1S/C27H45N7O8/c1-15(2)11-18(27(42)34-10-6-8-19(34)25(40)31-14-22(37)38)32-26(41)23(16(3)4)33-21(36)13-29-20(35)12-30-24(39)17-7-5-9-28-17/h15-19,23,28H,5-14H2,1-4H3,(H,29,35)(H,30,39)(H,31,40)(H,32,41)(H,33,36)(H,37,38)/t17-,18-,19-,23-/m0/s1. The monoisotopic (exact) mass is 595 g/mol. The van der Waals surface area contributed by atoms with Crippen LogP contribution in [0.3, 0.4) is 0 Å². The molecule has 0 bridgehead atoms. The highest BCUT2D eigenvalue weighted by Gasteiger charge is 2.39. The number of carbonyl (C=O) groups is 7. The van der Waals surface area contributed by atoms with Crippen molar-refractivity contribution in [2.75, 3.05) is 32.7 Å². The molecule has 236 valence electrons. The molecule has 0 aliphatic carbocycles. The van der Waals surface area contributed by atoms with Crippen LogP contribution in [0, 0.1) is 11.8 Å². The van der Waals surface area contributed by atoms with Crippen LogP contribution in [-0.2, 0) is 33.6 Å². The normalized spacial score (nSPS) is 19.6. The summed E-state index contributed by atoms with van der Waals surface area (Å²) in [5, 5.41) is 24.5. The zero-order valence-electron chi connectivity index (χ0n) is 24.8. The maximum atomic E-state index is 13.5. The van der Waals surface area contributed by atoms with Crippen LogP contribution in [0.5, 0.6) is 0 Å². The Labute approximate surface area is 245 Å². The van der Waals surface area contributed by atoms with Crippen molar-refractivity contribution in [3.05, 3.63) is 0 Å². The highest BCUT2D eigenvalue weighted by Crippen LogP contribution is 2.21. The molecule has 0 aromatic heterocycles. The molecule has 2 saturated heterocycles. The van der Waals surface area contributed by atoms with E-state index >= 15 is 0 Å². The second kappa shape index (κ2) is 16.6. The summed E-state index contributed by atoms with van der Waals surface area (Å²) < 4.78 is 0. The van der Waals surface area contributed by atoms with Crippen LogP contribution in [0.15, 0.2) is 0 Å². The molecular weight excluding hydrogens is 550 g/mol. The minimum atomic E-state index is -1.20. The predicted octanol–water partition coefficient (Wildman–Crippen LogP) is -2.17. The first-order valence-corrected chi connectivity index (χ1v) is 14.5. The van der Waals surface area contributed by atoms with Gasteiger partial charge in [0.1, 0.15) is 24.7 Å². The highest BCUT2D eigenvalue weighted by molar-refractivity contribution is 5.96. The number of carboxylic acid groups (broad SMARTS) is 1. The van der Waals surface area contributed by atoms with Crippen molar-refractivity contribution < 1.29 is 38.7 Å². The van der Waals surface area contributed by atoms with E-state index in [0.29, 0.717) is 19.3 Å². The Bertz CT molecular complexity index is 1010. The molecule has 0 unspecified atom stereocenters. The molecule has 2 fully saturated rings. The van der Waals surface area contributed by atoms with Gasteiger partial charge >= 0.3 is 5.97 Å². The average molecular weight is 596 g/mol. The predicted molar refractivity (Wildman–Crippen MR) is 151 cm³/mol. The molecule has 15 nitrogen and oxygen atoms in total. The quantitative estimate of drug-likeness (QED) is 0.110. The molecule has 2 aliphatic heterocycles. The molecule has 42 heavy (non-hydrogen) atoms. The van der Waals surface area contributed by atoms with Crippen molar-refractivity contribution >= 4 is 41.4 Å². The number of amides is 6. The van der Waals surface area contributed by atoms with Gasteiger partial charge in [0, 0.05) is 6.54 Å². The molecule has 6 amide bonds. The van der Waals surface area contributed by atoms with Gasteiger partial charge in [-0.2, -0.15) is 0 Å². The third-order valence-electron chi connectivity index (χ3n) is 7.09. The van der Waals surface area contributed by atoms with Crippen molar-refractivity contribution in [1.29, 1.82) is 0 Å².